The number of carbonyl (C=O) groups excluding carboxylic acids is 1. The molecule has 0 bridgehead atoms. The van der Waals surface area contributed by atoms with E-state index >= 15 is 0 Å². The highest BCUT2D eigenvalue weighted by Crippen LogP contribution is 2.48. The Labute approximate surface area is 212 Å². The van der Waals surface area contributed by atoms with Crippen LogP contribution in [0.25, 0.3) is 5.69 Å². The van der Waals surface area contributed by atoms with E-state index in [4.69, 9.17) is 4.74 Å². The van der Waals surface area contributed by atoms with Crippen molar-refractivity contribution in [2.75, 3.05) is 31.4 Å². The molecule has 36 heavy (non-hydrogen) atoms. The highest BCUT2D eigenvalue weighted by molar-refractivity contribution is 7.90. The molecule has 1 aromatic heterocycles. The molecule has 0 spiro atoms. The highest BCUT2D eigenvalue weighted by atomic mass is 32.2. The summed E-state index contributed by atoms with van der Waals surface area (Å²) in [7, 11) is -2.04. The first-order chi connectivity index (χ1) is 17.1. The summed E-state index contributed by atoms with van der Waals surface area (Å²) >= 11 is 0. The Hall–Kier alpha value is -3.17. The van der Waals surface area contributed by atoms with Crippen LogP contribution in [0.4, 0.5) is 5.69 Å². The molecule has 0 saturated heterocycles. The van der Waals surface area contributed by atoms with E-state index in [9.17, 15) is 13.2 Å². The van der Waals surface area contributed by atoms with Crippen LogP contribution in [0.1, 0.15) is 48.3 Å². The van der Waals surface area contributed by atoms with Crippen LogP contribution in [0.3, 0.4) is 0 Å². The number of aromatic nitrogens is 2. The Morgan fingerprint density at radius 1 is 1.06 bits per heavy atom. The van der Waals surface area contributed by atoms with Gasteiger partial charge >= 0.3 is 0 Å². The summed E-state index contributed by atoms with van der Waals surface area (Å²) in [5.41, 5.74) is 3.62. The van der Waals surface area contributed by atoms with Crippen molar-refractivity contribution in [2.45, 2.75) is 49.6 Å². The summed E-state index contributed by atoms with van der Waals surface area (Å²) in [6.45, 7) is 5.65. The fraction of sp³-hybridized carbons (Fsp3) is 0.407. The summed E-state index contributed by atoms with van der Waals surface area (Å²) in [5.74, 6) is 0.401. The van der Waals surface area contributed by atoms with Gasteiger partial charge in [-0.25, -0.2) is 13.1 Å². The minimum atomic E-state index is -3.61. The van der Waals surface area contributed by atoms with E-state index in [1.54, 1.807) is 36.3 Å². The average Bonchev–Trinajstić information content (AvgIpc) is 3.54. The SMILES string of the molecule is COc1ccc(-n2nc(S(C)(=O)=O)c3c2C(=O)N(c2ccc(C4(CNC(C)C)CC4)cc2)CC3)cc1. The standard InChI is InChI=1S/C27H32N4O4S/c1-18(2)28-17-27(14-15-27)19-5-7-20(8-6-19)30-16-13-23-24(26(30)32)31(29-25(23)36(4,33)34)21-9-11-22(35-3)12-10-21/h5-12,18,28H,13-17H2,1-4H3. The molecule has 8 nitrogen and oxygen atoms in total. The van der Waals surface area contributed by atoms with E-state index in [-0.39, 0.29) is 22.0 Å². The van der Waals surface area contributed by atoms with Crippen molar-refractivity contribution >= 4 is 21.4 Å². The summed E-state index contributed by atoms with van der Waals surface area (Å²) in [6, 6.07) is 15.7. The molecule has 2 heterocycles. The molecule has 2 aliphatic rings. The van der Waals surface area contributed by atoms with Gasteiger partial charge in [-0.05, 0) is 61.2 Å². The van der Waals surface area contributed by atoms with Gasteiger partial charge < -0.3 is 15.0 Å². The van der Waals surface area contributed by atoms with Crippen molar-refractivity contribution in [3.8, 4) is 11.4 Å². The van der Waals surface area contributed by atoms with Gasteiger partial charge in [0.05, 0.1) is 12.8 Å². The van der Waals surface area contributed by atoms with E-state index in [2.05, 4.69) is 36.4 Å². The van der Waals surface area contributed by atoms with Gasteiger partial charge in [-0.3, -0.25) is 4.79 Å². The van der Waals surface area contributed by atoms with Crippen LogP contribution in [0.2, 0.25) is 0 Å². The molecule has 2 aromatic carbocycles. The largest absolute Gasteiger partial charge is 0.497 e. The van der Waals surface area contributed by atoms with Crippen molar-refractivity contribution in [3.63, 3.8) is 0 Å². The number of fused-ring (bicyclic) bond motifs is 1. The van der Waals surface area contributed by atoms with E-state index in [1.807, 2.05) is 12.1 Å². The molecule has 5 rings (SSSR count). The maximum Gasteiger partial charge on any atom is 0.277 e. The molecule has 1 amide bonds. The number of methoxy groups -OCH3 is 1. The summed E-state index contributed by atoms with van der Waals surface area (Å²) in [4.78, 5) is 15.5. The lowest BCUT2D eigenvalue weighted by atomic mass is 9.95. The van der Waals surface area contributed by atoms with E-state index < -0.39 is 9.84 Å². The molecule has 1 aliphatic heterocycles. The van der Waals surface area contributed by atoms with Crippen molar-refractivity contribution < 1.29 is 17.9 Å². The fourth-order valence-corrected chi connectivity index (χ4v) is 5.77. The van der Waals surface area contributed by atoms with Crippen LogP contribution in [-0.2, 0) is 21.7 Å². The van der Waals surface area contributed by atoms with Gasteiger partial charge in [0.25, 0.3) is 5.91 Å². The van der Waals surface area contributed by atoms with E-state index in [0.717, 1.165) is 31.3 Å². The second-order valence-corrected chi connectivity index (χ2v) is 12.0. The van der Waals surface area contributed by atoms with Crippen LogP contribution >= 0.6 is 0 Å². The smallest absolute Gasteiger partial charge is 0.277 e. The monoisotopic (exact) mass is 508 g/mol. The Morgan fingerprint density at radius 2 is 1.69 bits per heavy atom. The summed E-state index contributed by atoms with van der Waals surface area (Å²) in [5, 5.41) is 7.91. The lowest BCUT2D eigenvalue weighted by Gasteiger charge is -2.28. The maximum atomic E-state index is 13.8. The maximum absolute atomic E-state index is 13.8. The first-order valence-electron chi connectivity index (χ1n) is 12.3. The van der Waals surface area contributed by atoms with Gasteiger partial charge in [0.2, 0.25) is 0 Å². The first kappa shape index (κ1) is 24.5. The van der Waals surface area contributed by atoms with Gasteiger partial charge in [0, 0.05) is 42.1 Å². The summed E-state index contributed by atoms with van der Waals surface area (Å²) < 4.78 is 31.7. The van der Waals surface area contributed by atoms with Gasteiger partial charge in [0.15, 0.2) is 14.9 Å². The molecular formula is C27H32N4O4S. The second-order valence-electron chi connectivity index (χ2n) is 10.1. The molecule has 3 aromatic rings. The number of nitrogens with one attached hydrogen (secondary N) is 1. The molecule has 190 valence electrons. The number of nitrogens with zero attached hydrogens (tertiary/aromatic N) is 3. The molecule has 1 aliphatic carbocycles. The Bertz CT molecular complexity index is 1390. The Morgan fingerprint density at radius 3 is 2.25 bits per heavy atom. The minimum absolute atomic E-state index is 0.0370. The number of sulfone groups is 1. The molecule has 1 N–H and O–H groups in total. The quantitative estimate of drug-likeness (QED) is 0.501. The third kappa shape index (κ3) is 4.41. The Kier molecular flexibility index (Phi) is 6.16. The van der Waals surface area contributed by atoms with Crippen LogP contribution in [0.5, 0.6) is 5.75 Å². The van der Waals surface area contributed by atoms with Gasteiger partial charge in [0.1, 0.15) is 11.4 Å². The number of anilines is 1. The lowest BCUT2D eigenvalue weighted by molar-refractivity contribution is 0.0973. The van der Waals surface area contributed by atoms with Gasteiger partial charge in [-0.15, -0.1) is 0 Å². The fourth-order valence-electron chi connectivity index (χ4n) is 4.90. The van der Waals surface area contributed by atoms with Crippen LogP contribution in [0.15, 0.2) is 53.6 Å². The van der Waals surface area contributed by atoms with Crippen LogP contribution in [0, 0.1) is 0 Å². The molecule has 1 saturated carbocycles. The predicted molar refractivity (Wildman–Crippen MR) is 139 cm³/mol. The number of hydrogen-bond acceptors (Lipinski definition) is 6. The van der Waals surface area contributed by atoms with E-state index in [0.29, 0.717) is 36.0 Å². The van der Waals surface area contributed by atoms with Gasteiger partial charge in [-0.1, -0.05) is 26.0 Å². The third-order valence-electron chi connectivity index (χ3n) is 7.14. The predicted octanol–water partition coefficient (Wildman–Crippen LogP) is 3.52. The molecule has 0 atom stereocenters. The van der Waals surface area contributed by atoms with Crippen molar-refractivity contribution in [1.29, 1.82) is 0 Å². The van der Waals surface area contributed by atoms with Gasteiger partial charge in [-0.2, -0.15) is 5.10 Å². The number of carbonyl (C=O) groups is 1. The normalized spacial score (nSPS) is 16.8. The number of ether oxygens (including phenoxy) is 1. The zero-order valence-electron chi connectivity index (χ0n) is 21.1. The first-order valence-corrected chi connectivity index (χ1v) is 14.1. The highest BCUT2D eigenvalue weighted by Gasteiger charge is 2.44. The number of benzene rings is 2. The number of hydrogen-bond donors (Lipinski definition) is 1. The van der Waals surface area contributed by atoms with Crippen molar-refractivity contribution in [3.05, 3.63) is 65.4 Å². The molecule has 0 unspecified atom stereocenters. The molecule has 0 radical (unpaired) electrons. The lowest BCUT2D eigenvalue weighted by Crippen LogP contribution is -2.39. The second kappa shape index (κ2) is 9.05. The number of rotatable bonds is 8. The van der Waals surface area contributed by atoms with Crippen molar-refractivity contribution in [1.82, 2.24) is 15.1 Å². The minimum Gasteiger partial charge on any atom is -0.497 e. The zero-order chi connectivity index (χ0) is 25.7. The molecular weight excluding hydrogens is 476 g/mol. The molecule has 1 fully saturated rings. The van der Waals surface area contributed by atoms with Crippen LogP contribution in [-0.4, -0.2) is 56.6 Å². The molecule has 9 heteroatoms. The number of amides is 1. The summed E-state index contributed by atoms with van der Waals surface area (Å²) in [6.07, 6.45) is 3.86. The Balaban J connectivity index is 1.48. The van der Waals surface area contributed by atoms with Crippen LogP contribution < -0.4 is 15.0 Å². The van der Waals surface area contributed by atoms with Crippen molar-refractivity contribution in [2.24, 2.45) is 0 Å². The third-order valence-corrected chi connectivity index (χ3v) is 8.17. The average molecular weight is 509 g/mol. The topological polar surface area (TPSA) is 93.5 Å². The zero-order valence-corrected chi connectivity index (χ0v) is 21.9. The van der Waals surface area contributed by atoms with E-state index in [1.165, 1.54) is 10.2 Å².